The van der Waals surface area contributed by atoms with Crippen LogP contribution in [0.3, 0.4) is 0 Å². The lowest BCUT2D eigenvalue weighted by atomic mass is 10.1. The maximum Gasteiger partial charge on any atom is 0.330 e. The third kappa shape index (κ3) is 10.4. The standard InChI is InChI=1S/C22H26Cl2N6O5.C22H24Cl2N6O5/c2*1-5-16(31)26-12-9-35-10-13(12)27-21-25-7-11-8-30(22(32)29(2)20(11)28-21)19-17(23)14(33-3)6-15(34-4)18(19)24/h6-7,12-13H,5,8-10H2,1-4H3,(H,26,31)(H,25,27,28);5-7,12-13H,1,8-10H2,2-4H3,(H,26,31)(H,25,27,28)/t2*12-,13+/m00/s1. The summed E-state index contributed by atoms with van der Waals surface area (Å²) in [5, 5.41) is 12.9. The molecule has 0 bridgehead atoms. The highest BCUT2D eigenvalue weighted by Gasteiger charge is 2.38. The van der Waals surface area contributed by atoms with Crippen LogP contribution in [-0.2, 0) is 32.2 Å². The highest BCUT2D eigenvalue weighted by atomic mass is 35.5. The molecule has 374 valence electrons. The molecular formula is C44H50Cl4N12O10. The quantitative estimate of drug-likeness (QED) is 0.107. The number of fused-ring (bicyclic) bond motifs is 2. The van der Waals surface area contributed by atoms with Crippen molar-refractivity contribution in [2.75, 3.05) is 99.2 Å². The van der Waals surface area contributed by atoms with Crippen LogP contribution in [0.4, 0.5) is 44.5 Å². The number of methoxy groups -OCH3 is 4. The molecule has 70 heavy (non-hydrogen) atoms. The van der Waals surface area contributed by atoms with Gasteiger partial charge in [0.25, 0.3) is 0 Å². The SMILES string of the molecule is C=CC(=O)N[C@H]1COC[C@H]1Nc1ncc2c(n1)N(C)C(=O)N(c1c(Cl)c(OC)cc(OC)c1Cl)C2.CCC(=O)N[C@H]1COC[C@H]1Nc1ncc2c(n1)N(C)C(=O)N(c1c(Cl)c(OC)cc(OC)c1Cl)C2. The summed E-state index contributed by atoms with van der Waals surface area (Å²) >= 11 is 26.1. The molecule has 2 aromatic heterocycles. The zero-order chi connectivity index (χ0) is 50.6. The average molecular weight is 1050 g/mol. The van der Waals surface area contributed by atoms with Crippen molar-refractivity contribution in [2.45, 2.75) is 50.6 Å². The van der Waals surface area contributed by atoms with Gasteiger partial charge in [0.05, 0.1) is 103 Å². The number of carbonyl (C=O) groups is 4. The van der Waals surface area contributed by atoms with Crippen LogP contribution in [0.15, 0.2) is 37.2 Å². The van der Waals surface area contributed by atoms with Crippen molar-refractivity contribution in [2.24, 2.45) is 0 Å². The molecule has 4 atom stereocenters. The fraction of sp³-hybridized carbons (Fsp3) is 0.409. The third-order valence-electron chi connectivity index (χ3n) is 11.6. The summed E-state index contributed by atoms with van der Waals surface area (Å²) in [5.41, 5.74) is 1.89. The molecule has 2 fully saturated rings. The molecule has 4 N–H and O–H groups in total. The van der Waals surface area contributed by atoms with E-state index >= 15 is 0 Å². The fourth-order valence-corrected chi connectivity index (χ4v) is 9.30. The molecule has 0 radical (unpaired) electrons. The monoisotopic (exact) mass is 1050 g/mol. The Morgan fingerprint density at radius 1 is 0.671 bits per heavy atom. The molecule has 26 heteroatoms. The number of nitrogens with zero attached hydrogens (tertiary/aromatic N) is 8. The lowest BCUT2D eigenvalue weighted by molar-refractivity contribution is -0.121. The Balaban J connectivity index is 0.000000206. The minimum atomic E-state index is -0.401. The van der Waals surface area contributed by atoms with Crippen molar-refractivity contribution in [3.8, 4) is 23.0 Å². The maximum absolute atomic E-state index is 13.4. The first kappa shape index (κ1) is 51.5. The van der Waals surface area contributed by atoms with E-state index in [1.165, 1.54) is 54.1 Å². The molecule has 4 aromatic rings. The Hall–Kier alpha value is -6.30. The molecule has 2 aromatic carbocycles. The van der Waals surface area contributed by atoms with Gasteiger partial charge in [-0.3, -0.25) is 29.2 Å². The van der Waals surface area contributed by atoms with Crippen LogP contribution in [0.5, 0.6) is 23.0 Å². The van der Waals surface area contributed by atoms with Crippen molar-refractivity contribution >= 4 is 105 Å². The van der Waals surface area contributed by atoms with Gasteiger partial charge in [0, 0.05) is 56.2 Å². The highest BCUT2D eigenvalue weighted by Crippen LogP contribution is 2.49. The summed E-state index contributed by atoms with van der Waals surface area (Å²) in [6.45, 7) is 7.01. The number of hydrogen-bond acceptors (Lipinski definition) is 16. The predicted octanol–water partition coefficient (Wildman–Crippen LogP) is 5.94. The summed E-state index contributed by atoms with van der Waals surface area (Å²) in [4.78, 5) is 73.7. The summed E-state index contributed by atoms with van der Waals surface area (Å²) < 4.78 is 32.3. The van der Waals surface area contributed by atoms with Gasteiger partial charge in [-0.05, 0) is 6.08 Å². The first-order valence-corrected chi connectivity index (χ1v) is 23.0. The van der Waals surface area contributed by atoms with Gasteiger partial charge in [-0.2, -0.15) is 9.97 Å². The Bertz CT molecular complexity index is 2630. The summed E-state index contributed by atoms with van der Waals surface area (Å²) in [6, 6.07) is 1.39. The summed E-state index contributed by atoms with van der Waals surface area (Å²) in [5.74, 6) is 2.41. The number of aromatic nitrogens is 4. The van der Waals surface area contributed by atoms with Crippen molar-refractivity contribution in [3.63, 3.8) is 0 Å². The van der Waals surface area contributed by atoms with Crippen molar-refractivity contribution in [1.82, 2.24) is 30.6 Å². The van der Waals surface area contributed by atoms with Crippen LogP contribution in [0.1, 0.15) is 24.5 Å². The Morgan fingerprint density at radius 3 is 1.40 bits per heavy atom. The zero-order valence-electron chi connectivity index (χ0n) is 39.0. The van der Waals surface area contributed by atoms with Gasteiger partial charge in [0.1, 0.15) is 54.7 Å². The second-order valence-electron chi connectivity index (χ2n) is 15.9. The third-order valence-corrected chi connectivity index (χ3v) is 13.1. The van der Waals surface area contributed by atoms with Crippen LogP contribution in [-0.4, -0.2) is 137 Å². The Labute approximate surface area is 422 Å². The molecule has 0 aliphatic carbocycles. The van der Waals surface area contributed by atoms with Crippen molar-refractivity contribution in [3.05, 3.63) is 68.4 Å². The second-order valence-corrected chi connectivity index (χ2v) is 17.4. The van der Waals surface area contributed by atoms with Crippen molar-refractivity contribution < 1.29 is 47.6 Å². The lowest BCUT2D eigenvalue weighted by Gasteiger charge is -2.35. The molecule has 0 saturated carbocycles. The lowest BCUT2D eigenvalue weighted by Crippen LogP contribution is -2.47. The number of halogens is 4. The first-order valence-electron chi connectivity index (χ1n) is 21.5. The van der Waals surface area contributed by atoms with Gasteiger partial charge in [-0.1, -0.05) is 59.9 Å². The molecular weight excluding hydrogens is 998 g/mol. The normalized spacial score (nSPS) is 19.4. The van der Waals surface area contributed by atoms with Gasteiger partial charge < -0.3 is 49.7 Å². The number of carbonyl (C=O) groups excluding carboxylic acids is 4. The number of hydrogen-bond donors (Lipinski definition) is 4. The minimum Gasteiger partial charge on any atom is -0.495 e. The zero-order valence-corrected chi connectivity index (χ0v) is 42.0. The number of amides is 6. The summed E-state index contributed by atoms with van der Waals surface area (Å²) in [7, 11) is 9.05. The topological polar surface area (TPSA) is 236 Å². The van der Waals surface area contributed by atoms with Gasteiger partial charge in [0.15, 0.2) is 0 Å². The molecule has 22 nitrogen and oxygen atoms in total. The molecule has 4 aliphatic rings. The average Bonchev–Trinajstić information content (AvgIpc) is 4.00. The van der Waals surface area contributed by atoms with E-state index in [4.69, 9.17) is 74.8 Å². The maximum atomic E-state index is 13.4. The summed E-state index contributed by atoms with van der Waals surface area (Å²) in [6.07, 6.45) is 4.84. The van der Waals surface area contributed by atoms with Crippen LogP contribution in [0, 0.1) is 0 Å². The Kier molecular flexibility index (Phi) is 16.3. The van der Waals surface area contributed by atoms with E-state index in [2.05, 4.69) is 47.8 Å². The minimum absolute atomic E-state index is 0.0597. The van der Waals surface area contributed by atoms with Crippen LogP contribution in [0.25, 0.3) is 0 Å². The molecule has 6 amide bonds. The van der Waals surface area contributed by atoms with E-state index in [1.54, 1.807) is 45.5 Å². The van der Waals surface area contributed by atoms with Crippen molar-refractivity contribution in [1.29, 1.82) is 0 Å². The number of ether oxygens (including phenoxy) is 6. The molecule has 2 saturated heterocycles. The van der Waals surface area contributed by atoms with Crippen LogP contribution in [0.2, 0.25) is 20.1 Å². The molecule has 6 heterocycles. The molecule has 4 aliphatic heterocycles. The van der Waals surface area contributed by atoms with Gasteiger partial charge in [0.2, 0.25) is 23.7 Å². The number of rotatable bonds is 14. The molecule has 0 spiro atoms. The second kappa shape index (κ2) is 22.2. The fourth-order valence-electron chi connectivity index (χ4n) is 7.89. The van der Waals surface area contributed by atoms with Crippen LogP contribution < -0.4 is 59.8 Å². The van der Waals surface area contributed by atoms with E-state index in [0.29, 0.717) is 90.5 Å². The van der Waals surface area contributed by atoms with E-state index in [9.17, 15) is 19.2 Å². The van der Waals surface area contributed by atoms with Gasteiger partial charge >= 0.3 is 12.1 Å². The van der Waals surface area contributed by atoms with E-state index < -0.39 is 12.1 Å². The first-order chi connectivity index (χ1) is 33.6. The Morgan fingerprint density at radius 2 is 1.04 bits per heavy atom. The van der Waals surface area contributed by atoms with E-state index in [1.807, 2.05) is 0 Å². The predicted molar refractivity (Wildman–Crippen MR) is 264 cm³/mol. The number of anilines is 6. The largest absolute Gasteiger partial charge is 0.495 e. The number of benzene rings is 2. The molecule has 8 rings (SSSR count). The van der Waals surface area contributed by atoms with E-state index in [0.717, 1.165) is 0 Å². The number of nitrogens with one attached hydrogen (secondary N) is 4. The molecule has 0 unspecified atom stereocenters. The van der Waals surface area contributed by atoms with Gasteiger partial charge in [-0.25, -0.2) is 19.6 Å². The smallest absolute Gasteiger partial charge is 0.330 e. The highest BCUT2D eigenvalue weighted by molar-refractivity contribution is 6.43. The van der Waals surface area contributed by atoms with E-state index in [-0.39, 0.29) is 80.5 Å². The number of urea groups is 2. The van der Waals surface area contributed by atoms with Gasteiger partial charge in [-0.15, -0.1) is 0 Å². The van der Waals surface area contributed by atoms with Crippen LogP contribution >= 0.6 is 46.4 Å².